The van der Waals surface area contributed by atoms with E-state index in [1.165, 1.54) is 0 Å². The number of unbranched alkanes of at least 4 members (excludes halogenated alkanes) is 6. The zero-order valence-corrected chi connectivity index (χ0v) is 14.8. The molecule has 4 nitrogen and oxygen atoms in total. The fourth-order valence-corrected chi connectivity index (χ4v) is 2.32. The fraction of sp³-hybridized carbons (Fsp3) is 0.600. The van der Waals surface area contributed by atoms with Gasteiger partial charge in [0.2, 0.25) is 0 Å². The lowest BCUT2D eigenvalue weighted by atomic mass is 10.1. The van der Waals surface area contributed by atoms with Gasteiger partial charge in [0.25, 0.3) is 0 Å². The lowest BCUT2D eigenvalue weighted by molar-refractivity contribution is -0.144. The second-order valence-electron chi connectivity index (χ2n) is 5.98. The van der Waals surface area contributed by atoms with E-state index in [-0.39, 0.29) is 11.9 Å². The number of benzene rings is 1. The summed E-state index contributed by atoms with van der Waals surface area (Å²) in [5.74, 6) is 0.358. The van der Waals surface area contributed by atoms with E-state index in [0.29, 0.717) is 25.2 Å². The number of hydrogen-bond donors (Lipinski definition) is 0. The van der Waals surface area contributed by atoms with Crippen molar-refractivity contribution < 1.29 is 19.1 Å². The van der Waals surface area contributed by atoms with Gasteiger partial charge in [0, 0.05) is 12.8 Å². The molecule has 0 spiro atoms. The van der Waals surface area contributed by atoms with Crippen LogP contribution >= 0.6 is 0 Å². The van der Waals surface area contributed by atoms with Gasteiger partial charge in [-0.1, -0.05) is 57.2 Å². The number of para-hydroxylation sites is 1. The summed E-state index contributed by atoms with van der Waals surface area (Å²) < 4.78 is 10.3. The zero-order chi connectivity index (χ0) is 17.5. The van der Waals surface area contributed by atoms with Crippen LogP contribution in [0.1, 0.15) is 71.1 Å². The van der Waals surface area contributed by atoms with E-state index in [9.17, 15) is 9.59 Å². The minimum absolute atomic E-state index is 0.0768. The standard InChI is InChI=1S/C20H30O4/c1-2-3-17-23-19(21)15-11-6-4-5-7-12-16-20(22)24-18-13-9-8-10-14-18/h8-10,13-14H,2-7,11-12,15-17H2,1H3. The fourth-order valence-electron chi connectivity index (χ4n) is 2.32. The second-order valence-corrected chi connectivity index (χ2v) is 5.98. The van der Waals surface area contributed by atoms with Gasteiger partial charge in [-0.15, -0.1) is 0 Å². The van der Waals surface area contributed by atoms with Crippen LogP contribution in [0, 0.1) is 0 Å². The molecule has 24 heavy (non-hydrogen) atoms. The summed E-state index contributed by atoms with van der Waals surface area (Å²) in [5.41, 5.74) is 0. The SMILES string of the molecule is CCCCOC(=O)CCCCCCCCC(=O)Oc1ccccc1. The van der Waals surface area contributed by atoms with Crippen LogP contribution in [0.5, 0.6) is 5.75 Å². The van der Waals surface area contributed by atoms with Gasteiger partial charge in [0.15, 0.2) is 0 Å². The lowest BCUT2D eigenvalue weighted by Gasteiger charge is -2.05. The van der Waals surface area contributed by atoms with E-state index in [1.807, 2.05) is 18.2 Å². The Morgan fingerprint density at radius 1 is 0.792 bits per heavy atom. The van der Waals surface area contributed by atoms with Crippen molar-refractivity contribution in [3.8, 4) is 5.75 Å². The number of carbonyl (C=O) groups is 2. The molecule has 1 aromatic carbocycles. The molecule has 1 aromatic rings. The molecule has 0 bridgehead atoms. The Kier molecular flexibility index (Phi) is 11.4. The van der Waals surface area contributed by atoms with Crippen molar-refractivity contribution in [3.05, 3.63) is 30.3 Å². The van der Waals surface area contributed by atoms with E-state index in [4.69, 9.17) is 9.47 Å². The summed E-state index contributed by atoms with van der Waals surface area (Å²) in [6.45, 7) is 2.63. The van der Waals surface area contributed by atoms with E-state index in [0.717, 1.165) is 51.4 Å². The maximum absolute atomic E-state index is 11.7. The topological polar surface area (TPSA) is 52.6 Å². The monoisotopic (exact) mass is 334 g/mol. The van der Waals surface area contributed by atoms with Crippen molar-refractivity contribution in [2.45, 2.75) is 71.1 Å². The van der Waals surface area contributed by atoms with Crippen LogP contribution in [0.3, 0.4) is 0 Å². The highest BCUT2D eigenvalue weighted by Gasteiger charge is 2.04. The molecule has 0 aliphatic carbocycles. The van der Waals surface area contributed by atoms with Crippen molar-refractivity contribution >= 4 is 11.9 Å². The van der Waals surface area contributed by atoms with E-state index >= 15 is 0 Å². The van der Waals surface area contributed by atoms with Crippen LogP contribution in [0.2, 0.25) is 0 Å². The highest BCUT2D eigenvalue weighted by Crippen LogP contribution is 2.12. The lowest BCUT2D eigenvalue weighted by Crippen LogP contribution is -2.07. The molecular weight excluding hydrogens is 304 g/mol. The summed E-state index contributed by atoms with van der Waals surface area (Å²) in [6, 6.07) is 9.16. The van der Waals surface area contributed by atoms with Gasteiger partial charge >= 0.3 is 11.9 Å². The Bertz CT molecular complexity index is 456. The van der Waals surface area contributed by atoms with Gasteiger partial charge < -0.3 is 9.47 Å². The van der Waals surface area contributed by atoms with E-state index in [2.05, 4.69) is 6.92 Å². The molecule has 0 amide bonds. The normalized spacial score (nSPS) is 10.4. The van der Waals surface area contributed by atoms with Crippen LogP contribution in [0.4, 0.5) is 0 Å². The summed E-state index contributed by atoms with van der Waals surface area (Å²) >= 11 is 0. The minimum atomic E-state index is -0.170. The molecule has 0 N–H and O–H groups in total. The zero-order valence-electron chi connectivity index (χ0n) is 14.8. The Hall–Kier alpha value is -1.84. The van der Waals surface area contributed by atoms with Crippen molar-refractivity contribution in [1.29, 1.82) is 0 Å². The van der Waals surface area contributed by atoms with E-state index < -0.39 is 0 Å². The predicted molar refractivity (Wildman–Crippen MR) is 94.9 cm³/mol. The smallest absolute Gasteiger partial charge is 0.311 e. The average Bonchev–Trinajstić information content (AvgIpc) is 2.58. The minimum Gasteiger partial charge on any atom is -0.466 e. The predicted octanol–water partition coefficient (Wildman–Crippen LogP) is 5.06. The molecule has 0 unspecified atom stereocenters. The van der Waals surface area contributed by atoms with Crippen LogP contribution in [-0.4, -0.2) is 18.5 Å². The highest BCUT2D eigenvalue weighted by atomic mass is 16.5. The first-order chi connectivity index (χ1) is 11.7. The molecule has 0 radical (unpaired) electrons. The third-order valence-electron chi connectivity index (χ3n) is 3.75. The second kappa shape index (κ2) is 13.6. The number of ether oxygens (including phenoxy) is 2. The largest absolute Gasteiger partial charge is 0.466 e. The van der Waals surface area contributed by atoms with Crippen LogP contribution in [0.25, 0.3) is 0 Å². The van der Waals surface area contributed by atoms with Crippen LogP contribution in [0.15, 0.2) is 30.3 Å². The van der Waals surface area contributed by atoms with Crippen molar-refractivity contribution in [1.82, 2.24) is 0 Å². The Balaban J connectivity index is 1.90. The summed E-state index contributed by atoms with van der Waals surface area (Å²) in [5, 5.41) is 0. The first kappa shape index (κ1) is 20.2. The third-order valence-corrected chi connectivity index (χ3v) is 3.75. The Morgan fingerprint density at radius 2 is 1.38 bits per heavy atom. The molecule has 4 heteroatoms. The van der Waals surface area contributed by atoms with Gasteiger partial charge in [-0.2, -0.15) is 0 Å². The van der Waals surface area contributed by atoms with E-state index in [1.54, 1.807) is 12.1 Å². The van der Waals surface area contributed by atoms with Gasteiger partial charge in [-0.25, -0.2) is 0 Å². The summed E-state index contributed by atoms with van der Waals surface area (Å²) in [4.78, 5) is 23.1. The van der Waals surface area contributed by atoms with Crippen LogP contribution in [-0.2, 0) is 14.3 Å². The summed E-state index contributed by atoms with van der Waals surface area (Å²) in [6.07, 6.45) is 8.95. The van der Waals surface area contributed by atoms with Gasteiger partial charge in [-0.3, -0.25) is 9.59 Å². The number of hydrogen-bond acceptors (Lipinski definition) is 4. The maximum Gasteiger partial charge on any atom is 0.311 e. The molecule has 0 atom stereocenters. The molecule has 0 heterocycles. The van der Waals surface area contributed by atoms with Crippen molar-refractivity contribution in [2.75, 3.05) is 6.61 Å². The van der Waals surface area contributed by atoms with Crippen molar-refractivity contribution in [3.63, 3.8) is 0 Å². The molecule has 0 aromatic heterocycles. The first-order valence-electron chi connectivity index (χ1n) is 9.13. The van der Waals surface area contributed by atoms with Crippen LogP contribution < -0.4 is 4.74 Å². The van der Waals surface area contributed by atoms with Gasteiger partial charge in [0.05, 0.1) is 6.61 Å². The number of esters is 2. The number of carbonyl (C=O) groups excluding carboxylic acids is 2. The molecule has 1 rings (SSSR count). The molecule has 0 fully saturated rings. The first-order valence-corrected chi connectivity index (χ1v) is 9.13. The maximum atomic E-state index is 11.7. The molecular formula is C20H30O4. The van der Waals surface area contributed by atoms with Crippen molar-refractivity contribution in [2.24, 2.45) is 0 Å². The Labute approximate surface area is 145 Å². The third kappa shape index (κ3) is 10.8. The quantitative estimate of drug-likeness (QED) is 0.287. The molecule has 0 aliphatic rings. The molecule has 134 valence electrons. The van der Waals surface area contributed by atoms with Gasteiger partial charge in [-0.05, 0) is 31.4 Å². The van der Waals surface area contributed by atoms with Gasteiger partial charge in [0.1, 0.15) is 5.75 Å². The number of rotatable bonds is 13. The summed E-state index contributed by atoms with van der Waals surface area (Å²) in [7, 11) is 0. The molecule has 0 saturated heterocycles. The molecule has 0 saturated carbocycles. The Morgan fingerprint density at radius 3 is 2.00 bits per heavy atom. The molecule has 0 aliphatic heterocycles. The highest BCUT2D eigenvalue weighted by molar-refractivity contribution is 5.72. The average molecular weight is 334 g/mol.